The second-order valence-electron chi connectivity index (χ2n) is 6.07. The van der Waals surface area contributed by atoms with E-state index in [0.29, 0.717) is 29.3 Å². The molecule has 0 atom stereocenters. The van der Waals surface area contributed by atoms with Gasteiger partial charge >= 0.3 is 0 Å². The van der Waals surface area contributed by atoms with Crippen molar-refractivity contribution < 1.29 is 8.83 Å². The van der Waals surface area contributed by atoms with Crippen LogP contribution in [0.15, 0.2) is 39.2 Å². The molecule has 0 radical (unpaired) electrons. The van der Waals surface area contributed by atoms with Gasteiger partial charge in [0, 0.05) is 31.5 Å². The van der Waals surface area contributed by atoms with Crippen molar-refractivity contribution in [2.45, 2.75) is 25.7 Å². The first-order valence-corrected chi connectivity index (χ1v) is 8.26. The Bertz CT molecular complexity index is 901. The van der Waals surface area contributed by atoms with E-state index in [1.54, 1.807) is 6.92 Å². The van der Waals surface area contributed by atoms with Gasteiger partial charge in [-0.2, -0.15) is 5.26 Å². The lowest BCUT2D eigenvalue weighted by molar-refractivity contribution is 0.387. The summed E-state index contributed by atoms with van der Waals surface area (Å²) in [5.41, 5.74) is 1.27. The summed E-state index contributed by atoms with van der Waals surface area (Å²) in [4.78, 5) is 6.17. The van der Waals surface area contributed by atoms with Crippen LogP contribution in [0.4, 0.5) is 5.88 Å². The molecule has 0 amide bonds. The van der Waals surface area contributed by atoms with Gasteiger partial charge in [0.15, 0.2) is 5.89 Å². The van der Waals surface area contributed by atoms with Crippen LogP contribution in [0, 0.1) is 18.3 Å². The van der Waals surface area contributed by atoms with E-state index in [9.17, 15) is 5.26 Å². The number of aryl methyl sites for hydroxylation is 1. The van der Waals surface area contributed by atoms with Gasteiger partial charge in [-0.15, -0.1) is 10.2 Å². The minimum Gasteiger partial charge on any atom is -0.424 e. The Morgan fingerprint density at radius 3 is 2.60 bits per heavy atom. The fraction of sp³-hybridized carbons (Fsp3) is 0.333. The smallest absolute Gasteiger partial charge is 0.247 e. The van der Waals surface area contributed by atoms with E-state index >= 15 is 0 Å². The summed E-state index contributed by atoms with van der Waals surface area (Å²) in [5.74, 6) is 2.52. The third kappa shape index (κ3) is 2.98. The summed E-state index contributed by atoms with van der Waals surface area (Å²) in [5, 5.41) is 17.6. The molecule has 126 valence electrons. The quantitative estimate of drug-likeness (QED) is 0.725. The van der Waals surface area contributed by atoms with Gasteiger partial charge in [-0.1, -0.05) is 18.2 Å². The number of nitriles is 1. The van der Waals surface area contributed by atoms with E-state index in [2.05, 4.69) is 26.2 Å². The first-order chi connectivity index (χ1) is 12.2. The van der Waals surface area contributed by atoms with E-state index in [-0.39, 0.29) is 5.92 Å². The minimum atomic E-state index is 0.218. The Hall–Kier alpha value is -3.14. The lowest BCUT2D eigenvalue weighted by atomic mass is 9.97. The van der Waals surface area contributed by atoms with Gasteiger partial charge in [0.05, 0.1) is 0 Å². The van der Waals surface area contributed by atoms with E-state index in [1.807, 2.05) is 30.3 Å². The van der Waals surface area contributed by atoms with E-state index in [1.165, 1.54) is 0 Å². The van der Waals surface area contributed by atoms with Crippen molar-refractivity contribution in [3.05, 3.63) is 47.8 Å². The molecule has 3 heterocycles. The Balaban J connectivity index is 1.46. The van der Waals surface area contributed by atoms with Crippen molar-refractivity contribution in [3.8, 4) is 17.5 Å². The second kappa shape index (κ2) is 6.40. The maximum absolute atomic E-state index is 9.17. The molecule has 2 aromatic heterocycles. The highest BCUT2D eigenvalue weighted by molar-refractivity contribution is 5.52. The maximum atomic E-state index is 9.17. The van der Waals surface area contributed by atoms with Gasteiger partial charge in [-0.05, 0) is 25.0 Å². The number of oxazole rings is 1. The van der Waals surface area contributed by atoms with Gasteiger partial charge in [0.2, 0.25) is 23.4 Å². The molecule has 3 aromatic rings. The van der Waals surface area contributed by atoms with Crippen LogP contribution in [0.5, 0.6) is 0 Å². The second-order valence-corrected chi connectivity index (χ2v) is 6.07. The number of aromatic nitrogens is 3. The molecule has 0 bridgehead atoms. The number of piperidine rings is 1. The third-order valence-electron chi connectivity index (χ3n) is 4.41. The third-order valence-corrected chi connectivity index (χ3v) is 4.41. The number of rotatable bonds is 3. The first-order valence-electron chi connectivity index (χ1n) is 8.26. The highest BCUT2D eigenvalue weighted by Gasteiger charge is 2.28. The average Bonchev–Trinajstić information content (AvgIpc) is 3.29. The predicted octanol–water partition coefficient (Wildman–Crippen LogP) is 3.29. The Morgan fingerprint density at radius 2 is 1.88 bits per heavy atom. The van der Waals surface area contributed by atoms with Crippen LogP contribution in [0.3, 0.4) is 0 Å². The molecule has 1 saturated heterocycles. The molecule has 7 heteroatoms. The van der Waals surface area contributed by atoms with Crippen molar-refractivity contribution in [2.24, 2.45) is 0 Å². The maximum Gasteiger partial charge on any atom is 0.247 e. The SMILES string of the molecule is Cc1nc(C#N)c(N2CCC(c3nnc(-c4ccccc4)o3)CC2)o1. The fourth-order valence-corrected chi connectivity index (χ4v) is 3.13. The molecule has 7 nitrogen and oxygen atoms in total. The number of nitrogens with zero attached hydrogens (tertiary/aromatic N) is 5. The predicted molar refractivity (Wildman–Crippen MR) is 89.9 cm³/mol. The summed E-state index contributed by atoms with van der Waals surface area (Å²) in [6, 6.07) is 11.9. The van der Waals surface area contributed by atoms with Crippen LogP contribution < -0.4 is 4.90 Å². The van der Waals surface area contributed by atoms with Gasteiger partial charge in [-0.25, -0.2) is 4.98 Å². The lowest BCUT2D eigenvalue weighted by Gasteiger charge is -2.29. The molecule has 1 aliphatic rings. The van der Waals surface area contributed by atoms with Gasteiger partial charge in [-0.3, -0.25) is 0 Å². The standard InChI is InChI=1S/C18H17N5O2/c1-12-20-15(11-19)18(24-12)23-9-7-14(8-10-23)17-22-21-16(25-17)13-5-3-2-4-6-13/h2-6,14H,7-10H2,1H3. The summed E-state index contributed by atoms with van der Waals surface area (Å²) in [6.07, 6.45) is 1.72. The Kier molecular flexibility index (Phi) is 3.94. The molecular weight excluding hydrogens is 318 g/mol. The van der Waals surface area contributed by atoms with E-state index < -0.39 is 0 Å². The van der Waals surface area contributed by atoms with Crippen LogP contribution >= 0.6 is 0 Å². The topological polar surface area (TPSA) is 92.0 Å². The first kappa shape index (κ1) is 15.4. The Labute approximate surface area is 144 Å². The molecule has 4 rings (SSSR count). The zero-order valence-electron chi connectivity index (χ0n) is 13.8. The van der Waals surface area contributed by atoms with Gasteiger partial charge < -0.3 is 13.7 Å². The summed E-state index contributed by atoms with van der Waals surface area (Å²) >= 11 is 0. The van der Waals surface area contributed by atoms with Crippen LogP contribution in [0.25, 0.3) is 11.5 Å². The Morgan fingerprint density at radius 1 is 1.12 bits per heavy atom. The monoisotopic (exact) mass is 335 g/mol. The van der Waals surface area contributed by atoms with Crippen molar-refractivity contribution in [3.63, 3.8) is 0 Å². The van der Waals surface area contributed by atoms with Crippen LogP contribution in [-0.2, 0) is 0 Å². The summed E-state index contributed by atoms with van der Waals surface area (Å²) in [6.45, 7) is 3.27. The van der Waals surface area contributed by atoms with Crippen LogP contribution in [0.2, 0.25) is 0 Å². The number of benzene rings is 1. The largest absolute Gasteiger partial charge is 0.424 e. The highest BCUT2D eigenvalue weighted by Crippen LogP contribution is 2.32. The molecular formula is C18H17N5O2. The van der Waals surface area contributed by atoms with Crippen molar-refractivity contribution >= 4 is 5.88 Å². The minimum absolute atomic E-state index is 0.218. The highest BCUT2D eigenvalue weighted by atomic mass is 16.4. The molecule has 1 fully saturated rings. The van der Waals surface area contributed by atoms with Gasteiger partial charge in [0.25, 0.3) is 0 Å². The summed E-state index contributed by atoms with van der Waals surface area (Å²) < 4.78 is 11.5. The van der Waals surface area contributed by atoms with Crippen molar-refractivity contribution in [1.82, 2.24) is 15.2 Å². The molecule has 0 spiro atoms. The molecule has 25 heavy (non-hydrogen) atoms. The fourth-order valence-electron chi connectivity index (χ4n) is 3.13. The lowest BCUT2D eigenvalue weighted by Crippen LogP contribution is -2.33. The molecule has 0 saturated carbocycles. The molecule has 0 N–H and O–H groups in total. The number of hydrogen-bond acceptors (Lipinski definition) is 7. The van der Waals surface area contributed by atoms with Crippen LogP contribution in [0.1, 0.15) is 36.2 Å². The summed E-state index contributed by atoms with van der Waals surface area (Å²) in [7, 11) is 0. The van der Waals surface area contributed by atoms with E-state index in [0.717, 1.165) is 31.5 Å². The number of anilines is 1. The average molecular weight is 335 g/mol. The molecule has 1 aliphatic heterocycles. The van der Waals surface area contributed by atoms with Gasteiger partial charge in [0.1, 0.15) is 6.07 Å². The van der Waals surface area contributed by atoms with Crippen molar-refractivity contribution in [1.29, 1.82) is 5.26 Å². The number of hydrogen-bond donors (Lipinski definition) is 0. The van der Waals surface area contributed by atoms with Crippen LogP contribution in [-0.4, -0.2) is 28.3 Å². The normalized spacial score (nSPS) is 15.3. The molecule has 0 unspecified atom stereocenters. The molecule has 1 aromatic carbocycles. The zero-order chi connectivity index (χ0) is 17.2. The molecule has 0 aliphatic carbocycles. The zero-order valence-corrected chi connectivity index (χ0v) is 13.8. The van der Waals surface area contributed by atoms with E-state index in [4.69, 9.17) is 8.83 Å². The van der Waals surface area contributed by atoms with Crippen molar-refractivity contribution in [2.75, 3.05) is 18.0 Å².